The molecule has 3 nitrogen and oxygen atoms in total. The van der Waals surface area contributed by atoms with Gasteiger partial charge in [-0.2, -0.15) is 0 Å². The van der Waals surface area contributed by atoms with Gasteiger partial charge in [0.1, 0.15) is 11.5 Å². The minimum Gasteiger partial charge on any atom is -0.457 e. The molecule has 0 aromatic heterocycles. The molecule has 4 rings (SSSR count). The molecule has 0 aliphatic carbocycles. The number of benzene rings is 2. The van der Waals surface area contributed by atoms with Gasteiger partial charge in [0.25, 0.3) is 0 Å². The van der Waals surface area contributed by atoms with Crippen LogP contribution in [0.25, 0.3) is 0 Å². The van der Waals surface area contributed by atoms with Crippen LogP contribution in [0.1, 0.15) is 24.0 Å². The van der Waals surface area contributed by atoms with Crippen LogP contribution in [0.15, 0.2) is 36.4 Å². The molecular formula is C20H24N2O. The Bertz CT molecular complexity index is 664. The average molecular weight is 308 g/mol. The lowest BCUT2D eigenvalue weighted by molar-refractivity contribution is 0.480. The molecule has 2 aromatic carbocycles. The Hall–Kier alpha value is -2.16. The molecule has 0 spiro atoms. The second-order valence-electron chi connectivity index (χ2n) is 6.73. The van der Waals surface area contributed by atoms with Crippen molar-refractivity contribution in [3.8, 4) is 11.5 Å². The fourth-order valence-electron chi connectivity index (χ4n) is 3.79. The summed E-state index contributed by atoms with van der Waals surface area (Å²) in [5.74, 6) is 1.89. The van der Waals surface area contributed by atoms with Crippen LogP contribution in [-0.2, 0) is 12.8 Å². The number of aryl methyl sites for hydroxylation is 2. The van der Waals surface area contributed by atoms with Crippen LogP contribution in [0.3, 0.4) is 0 Å². The third-order valence-corrected chi connectivity index (χ3v) is 5.04. The van der Waals surface area contributed by atoms with Crippen molar-refractivity contribution in [2.45, 2.75) is 25.7 Å². The zero-order valence-electron chi connectivity index (χ0n) is 14.0. The van der Waals surface area contributed by atoms with E-state index in [0.717, 1.165) is 37.4 Å². The minimum atomic E-state index is 0.947. The molecular weight excluding hydrogens is 284 g/mol. The molecule has 0 radical (unpaired) electrons. The smallest absolute Gasteiger partial charge is 0.127 e. The molecule has 2 heterocycles. The van der Waals surface area contributed by atoms with Crippen molar-refractivity contribution in [1.29, 1.82) is 0 Å². The summed E-state index contributed by atoms with van der Waals surface area (Å²) in [4.78, 5) is 4.66. The molecule has 0 amide bonds. The predicted octanol–water partition coefficient (Wildman–Crippen LogP) is 4.24. The molecule has 0 bridgehead atoms. The highest BCUT2D eigenvalue weighted by Crippen LogP contribution is 2.34. The van der Waals surface area contributed by atoms with Gasteiger partial charge in [-0.15, -0.1) is 0 Å². The molecule has 0 fully saturated rings. The van der Waals surface area contributed by atoms with E-state index in [0.29, 0.717) is 0 Å². The van der Waals surface area contributed by atoms with Crippen LogP contribution in [0.2, 0.25) is 0 Å². The first-order valence-electron chi connectivity index (χ1n) is 8.57. The van der Waals surface area contributed by atoms with Crippen LogP contribution < -0.4 is 14.5 Å². The van der Waals surface area contributed by atoms with Crippen molar-refractivity contribution >= 4 is 11.4 Å². The lowest BCUT2D eigenvalue weighted by Crippen LogP contribution is -2.24. The highest BCUT2D eigenvalue weighted by Gasteiger charge is 2.16. The number of rotatable bonds is 2. The Balaban J connectivity index is 1.59. The summed E-state index contributed by atoms with van der Waals surface area (Å²) in [7, 11) is 4.33. The van der Waals surface area contributed by atoms with Gasteiger partial charge in [-0.1, -0.05) is 0 Å². The van der Waals surface area contributed by atoms with Crippen LogP contribution in [0.5, 0.6) is 11.5 Å². The molecule has 120 valence electrons. The lowest BCUT2D eigenvalue weighted by Gasteiger charge is -2.28. The Morgan fingerprint density at radius 3 is 1.70 bits per heavy atom. The first kappa shape index (κ1) is 14.4. The van der Waals surface area contributed by atoms with Crippen molar-refractivity contribution in [3.05, 3.63) is 47.5 Å². The van der Waals surface area contributed by atoms with E-state index in [1.807, 2.05) is 0 Å². The summed E-state index contributed by atoms with van der Waals surface area (Å²) in [6.07, 6.45) is 4.73. The molecule has 23 heavy (non-hydrogen) atoms. The van der Waals surface area contributed by atoms with Gasteiger partial charge in [0.05, 0.1) is 0 Å². The Kier molecular flexibility index (Phi) is 3.64. The fraction of sp³-hybridized carbons (Fsp3) is 0.400. The van der Waals surface area contributed by atoms with E-state index in [2.05, 4.69) is 60.3 Å². The summed E-state index contributed by atoms with van der Waals surface area (Å²) in [5.41, 5.74) is 5.48. The monoisotopic (exact) mass is 308 g/mol. The topological polar surface area (TPSA) is 15.7 Å². The third kappa shape index (κ3) is 2.76. The van der Waals surface area contributed by atoms with Gasteiger partial charge in [-0.05, 0) is 73.2 Å². The van der Waals surface area contributed by atoms with Crippen molar-refractivity contribution < 1.29 is 4.74 Å². The van der Waals surface area contributed by atoms with E-state index in [1.165, 1.54) is 35.3 Å². The van der Waals surface area contributed by atoms with E-state index in [9.17, 15) is 0 Å². The zero-order chi connectivity index (χ0) is 15.8. The highest BCUT2D eigenvalue weighted by molar-refractivity contribution is 5.59. The van der Waals surface area contributed by atoms with Gasteiger partial charge in [-0.25, -0.2) is 0 Å². The number of ether oxygens (including phenoxy) is 1. The van der Waals surface area contributed by atoms with Gasteiger partial charge < -0.3 is 14.5 Å². The normalized spacial score (nSPS) is 16.8. The summed E-state index contributed by atoms with van der Waals surface area (Å²) in [6.45, 7) is 2.29. The van der Waals surface area contributed by atoms with Gasteiger partial charge in [0, 0.05) is 38.6 Å². The SMILES string of the molecule is CN1CCCc2cc(Oc3ccc4c(c3)CCCN4C)ccc21. The Morgan fingerprint density at radius 2 is 1.22 bits per heavy atom. The number of hydrogen-bond acceptors (Lipinski definition) is 3. The second-order valence-corrected chi connectivity index (χ2v) is 6.73. The van der Waals surface area contributed by atoms with E-state index in [4.69, 9.17) is 4.74 Å². The highest BCUT2D eigenvalue weighted by atomic mass is 16.5. The maximum absolute atomic E-state index is 6.14. The minimum absolute atomic E-state index is 0.947. The summed E-state index contributed by atoms with van der Waals surface area (Å²) in [6, 6.07) is 13.0. The second kappa shape index (κ2) is 5.80. The van der Waals surface area contributed by atoms with Crippen LogP contribution in [0, 0.1) is 0 Å². The maximum atomic E-state index is 6.14. The molecule has 0 unspecified atom stereocenters. The number of nitrogens with zero attached hydrogens (tertiary/aromatic N) is 2. The molecule has 0 atom stereocenters. The zero-order valence-corrected chi connectivity index (χ0v) is 14.0. The van der Waals surface area contributed by atoms with E-state index >= 15 is 0 Å². The molecule has 0 saturated carbocycles. The molecule has 2 aliphatic heterocycles. The number of hydrogen-bond donors (Lipinski definition) is 0. The standard InChI is InChI=1S/C20H24N2O/c1-21-11-3-5-15-13-17(7-9-19(15)21)23-18-8-10-20-16(14-18)6-4-12-22(20)2/h7-10,13-14H,3-6,11-12H2,1-2H3. The van der Waals surface area contributed by atoms with Crippen molar-refractivity contribution in [2.75, 3.05) is 37.0 Å². The van der Waals surface area contributed by atoms with E-state index in [-0.39, 0.29) is 0 Å². The van der Waals surface area contributed by atoms with E-state index in [1.54, 1.807) is 0 Å². The molecule has 2 aliphatic rings. The quantitative estimate of drug-likeness (QED) is 0.825. The van der Waals surface area contributed by atoms with Crippen LogP contribution >= 0.6 is 0 Å². The van der Waals surface area contributed by atoms with Gasteiger partial charge in [-0.3, -0.25) is 0 Å². The fourth-order valence-corrected chi connectivity index (χ4v) is 3.79. The van der Waals surface area contributed by atoms with Gasteiger partial charge in [0.15, 0.2) is 0 Å². The largest absolute Gasteiger partial charge is 0.457 e. The maximum Gasteiger partial charge on any atom is 0.127 e. The first-order chi connectivity index (χ1) is 11.2. The molecule has 0 saturated heterocycles. The molecule has 3 heteroatoms. The van der Waals surface area contributed by atoms with Crippen molar-refractivity contribution in [1.82, 2.24) is 0 Å². The van der Waals surface area contributed by atoms with Crippen molar-refractivity contribution in [3.63, 3.8) is 0 Å². The van der Waals surface area contributed by atoms with Crippen LogP contribution in [0.4, 0.5) is 11.4 Å². The number of fused-ring (bicyclic) bond motifs is 2. The van der Waals surface area contributed by atoms with E-state index < -0.39 is 0 Å². The Labute approximate surface area is 138 Å². The summed E-state index contributed by atoms with van der Waals surface area (Å²) >= 11 is 0. The summed E-state index contributed by atoms with van der Waals surface area (Å²) in [5, 5.41) is 0. The number of anilines is 2. The Morgan fingerprint density at radius 1 is 0.739 bits per heavy atom. The summed E-state index contributed by atoms with van der Waals surface area (Å²) < 4.78 is 6.14. The average Bonchev–Trinajstić information content (AvgIpc) is 2.55. The van der Waals surface area contributed by atoms with Crippen LogP contribution in [-0.4, -0.2) is 27.2 Å². The van der Waals surface area contributed by atoms with Crippen molar-refractivity contribution in [2.24, 2.45) is 0 Å². The molecule has 2 aromatic rings. The first-order valence-corrected chi connectivity index (χ1v) is 8.57. The molecule has 0 N–H and O–H groups in total. The van der Waals surface area contributed by atoms with Gasteiger partial charge >= 0.3 is 0 Å². The van der Waals surface area contributed by atoms with Gasteiger partial charge in [0.2, 0.25) is 0 Å². The lowest BCUT2D eigenvalue weighted by atomic mass is 10.0. The third-order valence-electron chi connectivity index (χ3n) is 5.04. The predicted molar refractivity (Wildman–Crippen MR) is 96.1 cm³/mol.